The Morgan fingerprint density at radius 1 is 1.17 bits per heavy atom. The van der Waals surface area contributed by atoms with E-state index in [1.807, 2.05) is 0 Å². The maximum absolute atomic E-state index is 12.2. The predicted molar refractivity (Wildman–Crippen MR) is 103 cm³/mol. The molecular formula is C18H17N3O7S. The molecule has 0 spiro atoms. The van der Waals surface area contributed by atoms with Gasteiger partial charge in [-0.15, -0.1) is 4.40 Å². The lowest BCUT2D eigenvalue weighted by atomic mass is 10.2. The molecule has 0 aromatic heterocycles. The number of methoxy groups -OCH3 is 1. The molecule has 1 aromatic rings. The van der Waals surface area contributed by atoms with Crippen molar-refractivity contribution >= 4 is 39.4 Å². The number of hydrogen-bond donors (Lipinski definition) is 1. The number of anilines is 1. The van der Waals surface area contributed by atoms with Crippen molar-refractivity contribution < 1.29 is 32.3 Å². The van der Waals surface area contributed by atoms with Gasteiger partial charge < -0.3 is 19.7 Å². The van der Waals surface area contributed by atoms with E-state index in [2.05, 4.69) is 14.5 Å². The molecule has 1 N–H and O–H groups in total. The highest BCUT2D eigenvalue weighted by Gasteiger charge is 2.25. The molecule has 0 saturated heterocycles. The first-order valence-corrected chi connectivity index (χ1v) is 10.0. The van der Waals surface area contributed by atoms with E-state index in [4.69, 9.17) is 4.74 Å². The molecule has 0 bridgehead atoms. The lowest BCUT2D eigenvalue weighted by molar-refractivity contribution is -0.143. The summed E-state index contributed by atoms with van der Waals surface area (Å²) in [5, 5.41) is 2.49. The van der Waals surface area contributed by atoms with Crippen molar-refractivity contribution in [1.82, 2.24) is 4.90 Å². The molecule has 2 aliphatic heterocycles. The molecule has 1 aromatic carbocycles. The topological polar surface area (TPSA) is 131 Å². The van der Waals surface area contributed by atoms with Gasteiger partial charge in [0.25, 0.3) is 15.9 Å². The van der Waals surface area contributed by atoms with Crippen LogP contribution >= 0.6 is 0 Å². The number of fused-ring (bicyclic) bond motifs is 1. The third-order valence-electron chi connectivity index (χ3n) is 4.00. The monoisotopic (exact) mass is 419 g/mol. The van der Waals surface area contributed by atoms with Gasteiger partial charge in [0.15, 0.2) is 6.61 Å². The quantitative estimate of drug-likeness (QED) is 0.681. The fourth-order valence-electron chi connectivity index (χ4n) is 2.60. The summed E-state index contributed by atoms with van der Waals surface area (Å²) in [6.45, 7) is -0.415. The SMILES string of the molecule is COC(=O)c1ccccc1NC(=O)COC(=O)C1=CN2CCS(=O)(=O)N=C2C=C1. The van der Waals surface area contributed by atoms with Crippen LogP contribution in [0.5, 0.6) is 0 Å². The Kier molecular flexibility index (Phi) is 5.78. The number of sulfonamides is 1. The third kappa shape index (κ3) is 4.88. The number of ether oxygens (including phenoxy) is 2. The Morgan fingerprint density at radius 2 is 1.93 bits per heavy atom. The van der Waals surface area contributed by atoms with Gasteiger partial charge in [0.1, 0.15) is 5.84 Å². The number of amides is 1. The first kappa shape index (κ1) is 20.3. The first-order valence-electron chi connectivity index (χ1n) is 8.42. The van der Waals surface area contributed by atoms with E-state index in [0.717, 1.165) is 0 Å². The number of esters is 2. The summed E-state index contributed by atoms with van der Waals surface area (Å²) in [6, 6.07) is 6.25. The summed E-state index contributed by atoms with van der Waals surface area (Å²) in [6.07, 6.45) is 4.17. The van der Waals surface area contributed by atoms with Gasteiger partial charge in [0.05, 0.1) is 29.7 Å². The van der Waals surface area contributed by atoms with Crippen LogP contribution in [0.25, 0.3) is 0 Å². The van der Waals surface area contributed by atoms with E-state index in [-0.39, 0.29) is 35.0 Å². The number of benzene rings is 1. The molecule has 2 heterocycles. The highest BCUT2D eigenvalue weighted by molar-refractivity contribution is 7.90. The molecule has 0 atom stereocenters. The van der Waals surface area contributed by atoms with Gasteiger partial charge >= 0.3 is 11.9 Å². The number of hydrogen-bond acceptors (Lipinski definition) is 8. The Balaban J connectivity index is 1.59. The minimum absolute atomic E-state index is 0.144. The maximum Gasteiger partial charge on any atom is 0.340 e. The Bertz CT molecular complexity index is 1060. The van der Waals surface area contributed by atoms with E-state index in [0.29, 0.717) is 0 Å². The van der Waals surface area contributed by atoms with Crippen LogP contribution in [0.3, 0.4) is 0 Å². The number of nitrogens with one attached hydrogen (secondary N) is 1. The van der Waals surface area contributed by atoms with Gasteiger partial charge in [-0.3, -0.25) is 4.79 Å². The number of carbonyl (C=O) groups is 3. The van der Waals surface area contributed by atoms with Crippen molar-refractivity contribution in [1.29, 1.82) is 0 Å². The minimum atomic E-state index is -3.49. The zero-order chi connectivity index (χ0) is 21.0. The zero-order valence-electron chi connectivity index (χ0n) is 15.3. The average Bonchev–Trinajstić information content (AvgIpc) is 2.70. The molecule has 10 nitrogen and oxygen atoms in total. The van der Waals surface area contributed by atoms with E-state index in [9.17, 15) is 22.8 Å². The van der Waals surface area contributed by atoms with Crippen molar-refractivity contribution in [2.75, 3.05) is 31.3 Å². The summed E-state index contributed by atoms with van der Waals surface area (Å²) >= 11 is 0. The van der Waals surface area contributed by atoms with Gasteiger partial charge in [-0.2, -0.15) is 0 Å². The van der Waals surface area contributed by atoms with Crippen molar-refractivity contribution in [2.24, 2.45) is 4.40 Å². The molecule has 29 heavy (non-hydrogen) atoms. The number of para-hydroxylation sites is 1. The third-order valence-corrected chi connectivity index (χ3v) is 5.16. The van der Waals surface area contributed by atoms with Gasteiger partial charge in [0, 0.05) is 12.7 Å². The minimum Gasteiger partial charge on any atom is -0.465 e. The lowest BCUT2D eigenvalue weighted by Crippen LogP contribution is -2.37. The van der Waals surface area contributed by atoms with E-state index in [1.54, 1.807) is 12.1 Å². The summed E-state index contributed by atoms with van der Waals surface area (Å²) in [5.74, 6) is -1.96. The van der Waals surface area contributed by atoms with Crippen LogP contribution in [0.1, 0.15) is 10.4 Å². The van der Waals surface area contributed by atoms with Crippen LogP contribution in [0.4, 0.5) is 5.69 Å². The molecule has 0 saturated carbocycles. The van der Waals surface area contributed by atoms with Crippen molar-refractivity contribution in [3.63, 3.8) is 0 Å². The molecule has 0 fully saturated rings. The molecule has 3 rings (SSSR count). The van der Waals surface area contributed by atoms with Crippen LogP contribution in [0.2, 0.25) is 0 Å². The predicted octanol–water partition coefficient (Wildman–Crippen LogP) is 0.453. The zero-order valence-corrected chi connectivity index (χ0v) is 16.1. The van der Waals surface area contributed by atoms with E-state index in [1.165, 1.54) is 42.5 Å². The van der Waals surface area contributed by atoms with Crippen LogP contribution in [-0.4, -0.2) is 63.0 Å². The Hall–Kier alpha value is -3.47. The second-order valence-electron chi connectivity index (χ2n) is 6.01. The number of nitrogens with zero attached hydrogens (tertiary/aromatic N) is 2. The molecule has 152 valence electrons. The number of rotatable bonds is 5. The molecule has 1 amide bonds. The second kappa shape index (κ2) is 8.27. The maximum atomic E-state index is 12.2. The van der Waals surface area contributed by atoms with Gasteiger partial charge in [-0.1, -0.05) is 12.1 Å². The van der Waals surface area contributed by atoms with Crippen molar-refractivity contribution in [3.8, 4) is 0 Å². The molecule has 0 radical (unpaired) electrons. The van der Waals surface area contributed by atoms with Crippen molar-refractivity contribution in [2.45, 2.75) is 0 Å². The summed E-state index contributed by atoms with van der Waals surface area (Å²) < 4.78 is 36.3. The summed E-state index contributed by atoms with van der Waals surface area (Å²) in [5.41, 5.74) is 0.540. The normalized spacial score (nSPS) is 16.8. The molecule has 2 aliphatic rings. The number of amidine groups is 1. The highest BCUT2D eigenvalue weighted by Crippen LogP contribution is 2.18. The summed E-state index contributed by atoms with van der Waals surface area (Å²) in [4.78, 5) is 37.5. The van der Waals surface area contributed by atoms with Crippen LogP contribution in [-0.2, 0) is 29.1 Å². The van der Waals surface area contributed by atoms with Gasteiger partial charge in [-0.05, 0) is 24.3 Å². The lowest BCUT2D eigenvalue weighted by Gasteiger charge is -2.26. The van der Waals surface area contributed by atoms with Gasteiger partial charge in [0.2, 0.25) is 0 Å². The smallest absolute Gasteiger partial charge is 0.340 e. The standard InChI is InChI=1S/C18H17N3O7S/c1-27-18(24)13-4-2-3-5-14(13)19-16(22)11-28-17(23)12-6-7-15-20-29(25,26)9-8-21(15)10-12/h2-7,10H,8-9,11H2,1H3,(H,19,22). The van der Waals surface area contributed by atoms with Crippen LogP contribution in [0.15, 0.2) is 52.6 Å². The fourth-order valence-corrected chi connectivity index (χ4v) is 3.57. The van der Waals surface area contributed by atoms with E-state index >= 15 is 0 Å². The average molecular weight is 419 g/mol. The van der Waals surface area contributed by atoms with Crippen LogP contribution < -0.4 is 5.32 Å². The van der Waals surface area contributed by atoms with Crippen LogP contribution in [0, 0.1) is 0 Å². The second-order valence-corrected chi connectivity index (χ2v) is 7.76. The van der Waals surface area contributed by atoms with Crippen molar-refractivity contribution in [3.05, 3.63) is 53.8 Å². The Labute approximate surface area is 166 Å². The largest absolute Gasteiger partial charge is 0.465 e. The molecule has 0 aliphatic carbocycles. The van der Waals surface area contributed by atoms with Gasteiger partial charge in [-0.25, -0.2) is 18.0 Å². The molecular weight excluding hydrogens is 402 g/mol. The van der Waals surface area contributed by atoms with E-state index < -0.39 is 34.5 Å². The number of carbonyl (C=O) groups excluding carboxylic acids is 3. The summed E-state index contributed by atoms with van der Waals surface area (Å²) in [7, 11) is -2.27. The fraction of sp³-hybridized carbons (Fsp3) is 0.222. The Morgan fingerprint density at radius 3 is 2.69 bits per heavy atom. The first-order chi connectivity index (χ1) is 13.8. The molecule has 0 unspecified atom stereocenters. The highest BCUT2D eigenvalue weighted by atomic mass is 32.2. The molecule has 11 heteroatoms.